The first-order chi connectivity index (χ1) is 7.36. The van der Waals surface area contributed by atoms with Crippen LogP contribution in [0, 0.1) is 5.92 Å². The van der Waals surface area contributed by atoms with Gasteiger partial charge in [-0.15, -0.1) is 0 Å². The van der Waals surface area contributed by atoms with Crippen molar-refractivity contribution in [1.82, 2.24) is 10.2 Å². The molecule has 1 N–H and O–H groups in total. The van der Waals surface area contributed by atoms with E-state index in [4.69, 9.17) is 0 Å². The SMILES string of the molecule is [O]C(CCN1CCCC1)C1CCNCC1. The molecule has 87 valence electrons. The van der Waals surface area contributed by atoms with Crippen LogP contribution in [0.25, 0.3) is 0 Å². The molecule has 0 aromatic rings. The maximum absolute atomic E-state index is 12.0. The van der Waals surface area contributed by atoms with Crippen molar-refractivity contribution >= 4 is 0 Å². The van der Waals surface area contributed by atoms with Crippen molar-refractivity contribution in [2.45, 2.75) is 38.2 Å². The van der Waals surface area contributed by atoms with Crippen molar-refractivity contribution in [3.8, 4) is 0 Å². The van der Waals surface area contributed by atoms with Crippen LogP contribution in [0.5, 0.6) is 0 Å². The third-order valence-corrected chi connectivity index (χ3v) is 3.84. The summed E-state index contributed by atoms with van der Waals surface area (Å²) in [4.78, 5) is 2.45. The average Bonchev–Trinajstić information content (AvgIpc) is 2.80. The Morgan fingerprint density at radius 2 is 1.87 bits per heavy atom. The van der Waals surface area contributed by atoms with E-state index < -0.39 is 0 Å². The zero-order chi connectivity index (χ0) is 10.5. The van der Waals surface area contributed by atoms with Crippen molar-refractivity contribution in [3.63, 3.8) is 0 Å². The van der Waals surface area contributed by atoms with E-state index in [0.29, 0.717) is 5.92 Å². The van der Waals surface area contributed by atoms with E-state index in [2.05, 4.69) is 10.2 Å². The molecule has 0 aromatic heterocycles. The number of rotatable bonds is 4. The van der Waals surface area contributed by atoms with E-state index in [1.54, 1.807) is 0 Å². The van der Waals surface area contributed by atoms with Gasteiger partial charge in [0.1, 0.15) is 0 Å². The average molecular weight is 211 g/mol. The Morgan fingerprint density at radius 1 is 1.20 bits per heavy atom. The maximum atomic E-state index is 12.0. The van der Waals surface area contributed by atoms with Gasteiger partial charge >= 0.3 is 0 Å². The Balaban J connectivity index is 1.64. The normalized spacial score (nSPS) is 27.0. The fraction of sp³-hybridized carbons (Fsp3) is 1.00. The van der Waals surface area contributed by atoms with Gasteiger partial charge < -0.3 is 10.2 Å². The first-order valence-electron chi connectivity index (χ1n) is 6.45. The third kappa shape index (κ3) is 3.44. The summed E-state index contributed by atoms with van der Waals surface area (Å²) in [5.74, 6) is 0.439. The highest BCUT2D eigenvalue weighted by Crippen LogP contribution is 2.20. The molecular formula is C12H23N2O. The summed E-state index contributed by atoms with van der Waals surface area (Å²) in [6, 6.07) is 0. The van der Waals surface area contributed by atoms with Gasteiger partial charge in [0.25, 0.3) is 0 Å². The predicted molar refractivity (Wildman–Crippen MR) is 60.4 cm³/mol. The number of piperidine rings is 1. The van der Waals surface area contributed by atoms with Crippen LogP contribution in [0.2, 0.25) is 0 Å². The number of likely N-dealkylation sites (tertiary alicyclic amines) is 1. The molecule has 0 bridgehead atoms. The smallest absolute Gasteiger partial charge is 0.0971 e. The number of nitrogens with zero attached hydrogens (tertiary/aromatic N) is 1. The second kappa shape index (κ2) is 5.83. The molecule has 1 unspecified atom stereocenters. The van der Waals surface area contributed by atoms with Crippen LogP contribution in [-0.4, -0.2) is 43.7 Å². The Morgan fingerprint density at radius 3 is 2.53 bits per heavy atom. The van der Waals surface area contributed by atoms with Crippen molar-refractivity contribution in [1.29, 1.82) is 0 Å². The minimum atomic E-state index is -0.312. The lowest BCUT2D eigenvalue weighted by atomic mass is 9.90. The molecule has 2 aliphatic rings. The quantitative estimate of drug-likeness (QED) is 0.760. The van der Waals surface area contributed by atoms with Crippen LogP contribution >= 0.6 is 0 Å². The molecule has 3 nitrogen and oxygen atoms in total. The lowest BCUT2D eigenvalue weighted by Crippen LogP contribution is -2.35. The minimum absolute atomic E-state index is 0.312. The zero-order valence-electron chi connectivity index (χ0n) is 9.58. The van der Waals surface area contributed by atoms with Crippen molar-refractivity contribution in [2.24, 2.45) is 5.92 Å². The number of nitrogens with one attached hydrogen (secondary N) is 1. The van der Waals surface area contributed by atoms with Crippen molar-refractivity contribution in [3.05, 3.63) is 0 Å². The highest BCUT2D eigenvalue weighted by atomic mass is 16.3. The van der Waals surface area contributed by atoms with Gasteiger partial charge in [-0.25, -0.2) is 5.11 Å². The van der Waals surface area contributed by atoms with E-state index >= 15 is 0 Å². The van der Waals surface area contributed by atoms with Crippen molar-refractivity contribution in [2.75, 3.05) is 32.7 Å². The Bertz CT molecular complexity index is 174. The third-order valence-electron chi connectivity index (χ3n) is 3.84. The molecule has 2 fully saturated rings. The number of hydrogen-bond acceptors (Lipinski definition) is 2. The summed E-state index contributed by atoms with van der Waals surface area (Å²) in [6.07, 6.45) is 5.40. The molecule has 2 saturated heterocycles. The summed E-state index contributed by atoms with van der Waals surface area (Å²) in [7, 11) is 0. The Hall–Kier alpha value is -0.120. The van der Waals surface area contributed by atoms with E-state index in [9.17, 15) is 5.11 Å². The van der Waals surface area contributed by atoms with Gasteiger partial charge in [0.15, 0.2) is 0 Å². The lowest BCUT2D eigenvalue weighted by Gasteiger charge is -2.27. The molecule has 2 heterocycles. The molecule has 0 aliphatic carbocycles. The molecule has 0 saturated carbocycles. The summed E-state index contributed by atoms with van der Waals surface area (Å²) in [5.41, 5.74) is 0. The second-order valence-corrected chi connectivity index (χ2v) is 4.96. The zero-order valence-corrected chi connectivity index (χ0v) is 9.58. The molecule has 1 atom stereocenters. The molecule has 15 heavy (non-hydrogen) atoms. The topological polar surface area (TPSA) is 35.2 Å². The molecule has 0 amide bonds. The molecule has 1 radical (unpaired) electrons. The van der Waals surface area contributed by atoms with Gasteiger partial charge in [-0.1, -0.05) is 0 Å². The van der Waals surface area contributed by atoms with Crippen LogP contribution in [-0.2, 0) is 5.11 Å². The minimum Gasteiger partial charge on any atom is -0.317 e. The molecular weight excluding hydrogens is 188 g/mol. The standard InChI is InChI=1S/C12H23N2O/c15-12(11-3-6-13-7-4-11)5-10-14-8-1-2-9-14/h11-13H,1-10H2. The predicted octanol–water partition coefficient (Wildman–Crippen LogP) is 1.27. The molecule has 2 rings (SSSR count). The van der Waals surface area contributed by atoms with Gasteiger partial charge in [-0.2, -0.15) is 0 Å². The Labute approximate surface area is 92.8 Å². The summed E-state index contributed by atoms with van der Waals surface area (Å²) >= 11 is 0. The summed E-state index contributed by atoms with van der Waals surface area (Å²) in [5, 5.41) is 15.3. The summed E-state index contributed by atoms with van der Waals surface area (Å²) < 4.78 is 0. The first-order valence-corrected chi connectivity index (χ1v) is 6.45. The van der Waals surface area contributed by atoms with Crippen LogP contribution in [0.1, 0.15) is 32.1 Å². The van der Waals surface area contributed by atoms with Gasteiger partial charge in [0.2, 0.25) is 0 Å². The van der Waals surface area contributed by atoms with Gasteiger partial charge in [0.05, 0.1) is 6.10 Å². The first kappa shape index (κ1) is 11.4. The van der Waals surface area contributed by atoms with Crippen molar-refractivity contribution < 1.29 is 5.11 Å². The highest BCUT2D eigenvalue weighted by Gasteiger charge is 2.23. The van der Waals surface area contributed by atoms with Gasteiger partial charge in [0, 0.05) is 6.54 Å². The summed E-state index contributed by atoms with van der Waals surface area (Å²) in [6.45, 7) is 5.58. The van der Waals surface area contributed by atoms with Crippen LogP contribution in [0.3, 0.4) is 0 Å². The monoisotopic (exact) mass is 211 g/mol. The van der Waals surface area contributed by atoms with Crippen LogP contribution in [0.4, 0.5) is 0 Å². The van der Waals surface area contributed by atoms with E-state index in [0.717, 1.165) is 38.9 Å². The van der Waals surface area contributed by atoms with E-state index in [-0.39, 0.29) is 6.10 Å². The molecule has 3 heteroatoms. The maximum Gasteiger partial charge on any atom is 0.0971 e. The molecule has 2 aliphatic heterocycles. The van der Waals surface area contributed by atoms with Crippen LogP contribution < -0.4 is 5.32 Å². The highest BCUT2D eigenvalue weighted by molar-refractivity contribution is 4.76. The lowest BCUT2D eigenvalue weighted by molar-refractivity contribution is 0.0121. The van der Waals surface area contributed by atoms with Crippen LogP contribution in [0.15, 0.2) is 0 Å². The van der Waals surface area contributed by atoms with E-state index in [1.165, 1.54) is 25.9 Å². The number of hydrogen-bond donors (Lipinski definition) is 1. The van der Waals surface area contributed by atoms with E-state index in [1.807, 2.05) is 0 Å². The largest absolute Gasteiger partial charge is 0.317 e. The van der Waals surface area contributed by atoms with Gasteiger partial charge in [-0.3, -0.25) is 0 Å². The molecule has 0 spiro atoms. The Kier molecular flexibility index (Phi) is 4.42. The fourth-order valence-corrected chi connectivity index (χ4v) is 2.77. The molecule has 0 aromatic carbocycles. The fourth-order valence-electron chi connectivity index (χ4n) is 2.77. The van der Waals surface area contributed by atoms with Gasteiger partial charge in [-0.05, 0) is 64.2 Å². The second-order valence-electron chi connectivity index (χ2n) is 4.96.